The molecule has 2 rings (SSSR count). The Morgan fingerprint density at radius 2 is 1.78 bits per heavy atom. The molecule has 36 heavy (non-hydrogen) atoms. The lowest BCUT2D eigenvalue weighted by Crippen LogP contribution is -2.47. The molecule has 0 bridgehead atoms. The van der Waals surface area contributed by atoms with Crippen molar-refractivity contribution in [2.24, 2.45) is 5.92 Å². The van der Waals surface area contributed by atoms with E-state index in [0.717, 1.165) is 19.3 Å². The van der Waals surface area contributed by atoms with Crippen molar-refractivity contribution in [3.63, 3.8) is 0 Å². The highest BCUT2D eigenvalue weighted by Crippen LogP contribution is 2.23. The van der Waals surface area contributed by atoms with Gasteiger partial charge in [-0.15, -0.1) is 0 Å². The first-order chi connectivity index (χ1) is 17.4. The van der Waals surface area contributed by atoms with E-state index in [1.54, 1.807) is 44.2 Å². The van der Waals surface area contributed by atoms with Crippen molar-refractivity contribution < 1.29 is 33.5 Å². The Morgan fingerprint density at radius 1 is 1.06 bits per heavy atom. The number of ether oxygens (including phenoxy) is 1. The molecular formula is C26H35N3O7. The van der Waals surface area contributed by atoms with Crippen LogP contribution in [0.5, 0.6) is 0 Å². The van der Waals surface area contributed by atoms with Gasteiger partial charge in [0.2, 0.25) is 12.3 Å². The number of nitrogens with one attached hydrogen (secondary N) is 2. The van der Waals surface area contributed by atoms with Crippen LogP contribution >= 0.6 is 0 Å². The zero-order valence-electron chi connectivity index (χ0n) is 21.0. The quantitative estimate of drug-likeness (QED) is 0.0844. The average molecular weight is 502 g/mol. The number of hydroxylamine groups is 2. The third kappa shape index (κ3) is 7.94. The lowest BCUT2D eigenvalue weighted by molar-refractivity contribution is -0.168. The van der Waals surface area contributed by atoms with Crippen molar-refractivity contribution in [2.45, 2.75) is 58.9 Å². The summed E-state index contributed by atoms with van der Waals surface area (Å²) in [4.78, 5) is 48.2. The van der Waals surface area contributed by atoms with Crippen molar-refractivity contribution >= 4 is 24.2 Å². The molecule has 1 aromatic heterocycles. The number of esters is 1. The van der Waals surface area contributed by atoms with Crippen LogP contribution in [0.25, 0.3) is 11.3 Å². The second-order valence-electron chi connectivity index (χ2n) is 8.25. The molecule has 0 saturated carbocycles. The number of nitrogens with zero attached hydrogens (tertiary/aromatic N) is 1. The number of benzene rings is 1. The maximum atomic E-state index is 12.8. The predicted molar refractivity (Wildman–Crippen MR) is 132 cm³/mol. The molecule has 0 radical (unpaired) electrons. The van der Waals surface area contributed by atoms with Gasteiger partial charge in [0.05, 0.1) is 30.8 Å². The van der Waals surface area contributed by atoms with Gasteiger partial charge in [-0.05, 0) is 44.0 Å². The van der Waals surface area contributed by atoms with Crippen LogP contribution < -0.4 is 10.6 Å². The summed E-state index contributed by atoms with van der Waals surface area (Å²) in [7, 11) is 0. The standard InChI is InChI=1S/C26H35N3O7/c1-4-7-8-9-20(21(5-2)29(34)17-30)24(31)27-16-28-25(32)23-15-14-22(36-23)18-10-12-19(13-11-18)26(33)35-6-3/h10-15,17,20-21,34H,4-9,16H2,1-3H3,(H,27,31)(H,28,32). The molecule has 0 aliphatic heterocycles. The van der Waals surface area contributed by atoms with Gasteiger partial charge < -0.3 is 19.8 Å². The van der Waals surface area contributed by atoms with Gasteiger partial charge in [0.1, 0.15) is 5.76 Å². The van der Waals surface area contributed by atoms with E-state index in [1.807, 2.05) is 6.92 Å². The average Bonchev–Trinajstić information content (AvgIpc) is 3.38. The van der Waals surface area contributed by atoms with Crippen LogP contribution in [0.2, 0.25) is 0 Å². The van der Waals surface area contributed by atoms with E-state index in [-0.39, 0.29) is 24.9 Å². The molecule has 3 N–H and O–H groups in total. The Balaban J connectivity index is 1.96. The normalized spacial score (nSPS) is 12.3. The molecule has 0 aliphatic carbocycles. The fourth-order valence-electron chi connectivity index (χ4n) is 3.88. The smallest absolute Gasteiger partial charge is 0.338 e. The van der Waals surface area contributed by atoms with E-state index < -0.39 is 23.8 Å². The first-order valence-electron chi connectivity index (χ1n) is 12.2. The Bertz CT molecular complexity index is 1000. The number of carbonyl (C=O) groups is 4. The topological polar surface area (TPSA) is 138 Å². The lowest BCUT2D eigenvalue weighted by atomic mass is 9.90. The minimum atomic E-state index is -0.655. The zero-order valence-corrected chi connectivity index (χ0v) is 21.0. The Morgan fingerprint density at radius 3 is 2.39 bits per heavy atom. The monoisotopic (exact) mass is 501 g/mol. The van der Waals surface area contributed by atoms with Gasteiger partial charge in [0, 0.05) is 5.56 Å². The minimum Gasteiger partial charge on any atom is -0.462 e. The van der Waals surface area contributed by atoms with Crippen LogP contribution in [0.1, 0.15) is 73.8 Å². The highest BCUT2D eigenvalue weighted by Gasteiger charge is 2.30. The van der Waals surface area contributed by atoms with E-state index in [1.165, 1.54) is 6.07 Å². The summed E-state index contributed by atoms with van der Waals surface area (Å²) in [6, 6.07) is 9.11. The third-order valence-corrected chi connectivity index (χ3v) is 5.81. The number of amides is 3. The van der Waals surface area contributed by atoms with E-state index >= 15 is 0 Å². The van der Waals surface area contributed by atoms with Gasteiger partial charge in [0.25, 0.3) is 5.91 Å². The summed E-state index contributed by atoms with van der Waals surface area (Å²) >= 11 is 0. The summed E-state index contributed by atoms with van der Waals surface area (Å²) in [6.45, 7) is 5.71. The molecule has 1 aromatic carbocycles. The summed E-state index contributed by atoms with van der Waals surface area (Å²) in [5.74, 6) is -1.40. The van der Waals surface area contributed by atoms with Crippen molar-refractivity contribution in [1.29, 1.82) is 0 Å². The number of hydrogen-bond acceptors (Lipinski definition) is 7. The minimum absolute atomic E-state index is 0.0575. The van der Waals surface area contributed by atoms with Crippen LogP contribution in [0.15, 0.2) is 40.8 Å². The van der Waals surface area contributed by atoms with Gasteiger partial charge in [-0.25, -0.2) is 9.86 Å². The summed E-state index contributed by atoms with van der Waals surface area (Å²) in [5.41, 5.74) is 1.09. The van der Waals surface area contributed by atoms with Gasteiger partial charge in [-0.1, -0.05) is 45.2 Å². The van der Waals surface area contributed by atoms with E-state index in [4.69, 9.17) is 9.15 Å². The van der Waals surface area contributed by atoms with Crippen molar-refractivity contribution in [3.05, 3.63) is 47.7 Å². The Kier molecular flexibility index (Phi) is 11.6. The van der Waals surface area contributed by atoms with Crippen molar-refractivity contribution in [2.75, 3.05) is 13.3 Å². The van der Waals surface area contributed by atoms with Crippen LogP contribution in [-0.2, 0) is 14.3 Å². The largest absolute Gasteiger partial charge is 0.462 e. The molecule has 2 unspecified atom stereocenters. The zero-order chi connectivity index (χ0) is 26.5. The molecule has 10 heteroatoms. The SMILES string of the molecule is CCCCCC(C(=O)NCNC(=O)c1ccc(-c2ccc(C(=O)OCC)cc2)o1)C(CC)N(O)C=O. The van der Waals surface area contributed by atoms with Gasteiger partial charge in [-0.3, -0.25) is 19.6 Å². The number of furan rings is 1. The maximum Gasteiger partial charge on any atom is 0.338 e. The van der Waals surface area contributed by atoms with E-state index in [9.17, 15) is 24.4 Å². The molecule has 196 valence electrons. The van der Waals surface area contributed by atoms with Crippen molar-refractivity contribution in [3.8, 4) is 11.3 Å². The highest BCUT2D eigenvalue weighted by atomic mass is 16.5. The second kappa shape index (κ2) is 14.7. The van der Waals surface area contributed by atoms with Crippen LogP contribution in [0, 0.1) is 5.92 Å². The Hall–Kier alpha value is -3.66. The summed E-state index contributed by atoms with van der Waals surface area (Å²) in [5, 5.41) is 15.7. The number of carbonyl (C=O) groups excluding carboxylic acids is 4. The summed E-state index contributed by atoms with van der Waals surface area (Å²) in [6.07, 6.45) is 3.89. The highest BCUT2D eigenvalue weighted by molar-refractivity contribution is 5.92. The molecule has 0 aliphatic rings. The number of rotatable bonds is 15. The fourth-order valence-corrected chi connectivity index (χ4v) is 3.88. The van der Waals surface area contributed by atoms with E-state index in [2.05, 4.69) is 10.6 Å². The Labute approximate surface area is 210 Å². The summed E-state index contributed by atoms with van der Waals surface area (Å²) < 4.78 is 10.6. The molecule has 0 saturated heterocycles. The molecule has 2 atom stereocenters. The van der Waals surface area contributed by atoms with Crippen molar-refractivity contribution in [1.82, 2.24) is 15.7 Å². The first-order valence-corrected chi connectivity index (χ1v) is 12.2. The fraction of sp³-hybridized carbons (Fsp3) is 0.462. The molecular weight excluding hydrogens is 466 g/mol. The molecule has 10 nitrogen and oxygen atoms in total. The van der Waals surface area contributed by atoms with E-state index in [0.29, 0.717) is 41.2 Å². The second-order valence-corrected chi connectivity index (χ2v) is 8.25. The first kappa shape index (κ1) is 28.6. The van der Waals surface area contributed by atoms with Gasteiger partial charge in [-0.2, -0.15) is 0 Å². The van der Waals surface area contributed by atoms with Crippen LogP contribution in [0.3, 0.4) is 0 Å². The van der Waals surface area contributed by atoms with Crippen LogP contribution in [0.4, 0.5) is 0 Å². The molecule has 3 amide bonds. The molecule has 0 spiro atoms. The molecule has 1 heterocycles. The molecule has 0 fully saturated rings. The predicted octanol–water partition coefficient (Wildman–Crippen LogP) is 3.75. The lowest BCUT2D eigenvalue weighted by Gasteiger charge is -2.29. The molecule has 2 aromatic rings. The van der Waals surface area contributed by atoms with Gasteiger partial charge in [0.15, 0.2) is 5.76 Å². The van der Waals surface area contributed by atoms with Crippen LogP contribution in [-0.4, -0.2) is 53.8 Å². The number of hydrogen-bond donors (Lipinski definition) is 3. The number of unbranched alkanes of at least 4 members (excludes halogenated alkanes) is 2. The van der Waals surface area contributed by atoms with Gasteiger partial charge >= 0.3 is 5.97 Å². The maximum absolute atomic E-state index is 12.8. The third-order valence-electron chi connectivity index (χ3n) is 5.81.